The Morgan fingerprint density at radius 1 is 1.09 bits per heavy atom. The summed E-state index contributed by atoms with van der Waals surface area (Å²) in [5, 5.41) is 12.9. The zero-order chi connectivity index (χ0) is 16.2. The normalized spacial score (nSPS) is 27.7. The molecule has 0 bridgehead atoms. The second-order valence-corrected chi connectivity index (χ2v) is 6.58. The molecule has 2 amide bonds. The van der Waals surface area contributed by atoms with E-state index in [9.17, 15) is 14.7 Å². The molecule has 1 aromatic rings. The molecule has 1 aromatic carbocycles. The van der Waals surface area contributed by atoms with Gasteiger partial charge in [0.2, 0.25) is 11.8 Å². The van der Waals surface area contributed by atoms with Gasteiger partial charge >= 0.3 is 0 Å². The Kier molecular flexibility index (Phi) is 4.96. The first-order chi connectivity index (χ1) is 11.1. The highest BCUT2D eigenvalue weighted by Crippen LogP contribution is 2.29. The van der Waals surface area contributed by atoms with Crippen molar-refractivity contribution in [2.45, 2.75) is 38.2 Å². The van der Waals surface area contributed by atoms with Crippen molar-refractivity contribution in [2.75, 3.05) is 18.4 Å². The molecule has 23 heavy (non-hydrogen) atoms. The number of rotatable bonds is 3. The van der Waals surface area contributed by atoms with Crippen molar-refractivity contribution in [1.82, 2.24) is 4.90 Å². The fraction of sp³-hybridized carbons (Fsp3) is 0.556. The zero-order valence-electron chi connectivity index (χ0n) is 13.3. The van der Waals surface area contributed by atoms with Crippen molar-refractivity contribution in [3.8, 4) is 0 Å². The van der Waals surface area contributed by atoms with Crippen LogP contribution in [0.25, 0.3) is 0 Å². The molecule has 0 aromatic heterocycles. The highest BCUT2D eigenvalue weighted by atomic mass is 16.3. The summed E-state index contributed by atoms with van der Waals surface area (Å²) in [6, 6.07) is 9.39. The maximum Gasteiger partial charge on any atom is 0.229 e. The van der Waals surface area contributed by atoms with E-state index in [2.05, 4.69) is 5.32 Å². The van der Waals surface area contributed by atoms with Gasteiger partial charge in [-0.3, -0.25) is 9.59 Å². The molecule has 1 aliphatic heterocycles. The van der Waals surface area contributed by atoms with Gasteiger partial charge in [-0.1, -0.05) is 18.2 Å². The van der Waals surface area contributed by atoms with Crippen molar-refractivity contribution in [3.63, 3.8) is 0 Å². The van der Waals surface area contributed by atoms with Crippen LogP contribution in [-0.4, -0.2) is 41.0 Å². The smallest absolute Gasteiger partial charge is 0.229 e. The Morgan fingerprint density at radius 3 is 2.57 bits per heavy atom. The van der Waals surface area contributed by atoms with Gasteiger partial charge in [0.05, 0.1) is 17.9 Å². The van der Waals surface area contributed by atoms with Gasteiger partial charge in [-0.05, 0) is 44.2 Å². The summed E-state index contributed by atoms with van der Waals surface area (Å²) in [5.74, 6) is -0.453. The molecule has 2 N–H and O–H groups in total. The number of amides is 2. The number of benzene rings is 1. The largest absolute Gasteiger partial charge is 0.392 e. The van der Waals surface area contributed by atoms with E-state index in [4.69, 9.17) is 0 Å². The van der Waals surface area contributed by atoms with Crippen LogP contribution in [-0.2, 0) is 9.59 Å². The molecule has 2 fully saturated rings. The van der Waals surface area contributed by atoms with Crippen LogP contribution in [0.4, 0.5) is 5.69 Å². The molecule has 124 valence electrons. The Balaban J connectivity index is 1.59. The van der Waals surface area contributed by atoms with Crippen LogP contribution < -0.4 is 5.32 Å². The molecule has 5 heteroatoms. The predicted molar refractivity (Wildman–Crippen MR) is 87.7 cm³/mol. The second kappa shape index (κ2) is 7.13. The van der Waals surface area contributed by atoms with Gasteiger partial charge in [-0.2, -0.15) is 0 Å². The number of carbonyl (C=O) groups excluding carboxylic acids is 2. The minimum absolute atomic E-state index is 0.0206. The summed E-state index contributed by atoms with van der Waals surface area (Å²) in [4.78, 5) is 26.8. The van der Waals surface area contributed by atoms with Gasteiger partial charge < -0.3 is 15.3 Å². The van der Waals surface area contributed by atoms with Crippen LogP contribution >= 0.6 is 0 Å². The zero-order valence-corrected chi connectivity index (χ0v) is 13.3. The average molecular weight is 316 g/mol. The van der Waals surface area contributed by atoms with Gasteiger partial charge in [0.1, 0.15) is 0 Å². The van der Waals surface area contributed by atoms with Gasteiger partial charge in [-0.25, -0.2) is 0 Å². The lowest BCUT2D eigenvalue weighted by Crippen LogP contribution is -2.47. The quantitative estimate of drug-likeness (QED) is 0.896. The number of likely N-dealkylation sites (tertiary alicyclic amines) is 1. The monoisotopic (exact) mass is 316 g/mol. The van der Waals surface area contributed by atoms with Gasteiger partial charge in [-0.15, -0.1) is 0 Å². The molecular weight excluding hydrogens is 292 g/mol. The van der Waals surface area contributed by atoms with Crippen molar-refractivity contribution in [2.24, 2.45) is 11.8 Å². The topological polar surface area (TPSA) is 69.6 Å². The van der Waals surface area contributed by atoms with Gasteiger partial charge in [0.15, 0.2) is 0 Å². The highest BCUT2D eigenvalue weighted by molar-refractivity contribution is 5.93. The Hall–Kier alpha value is -1.88. The summed E-state index contributed by atoms with van der Waals surface area (Å²) in [5.41, 5.74) is 0.784. The lowest BCUT2D eigenvalue weighted by Gasteiger charge is -2.34. The Labute approximate surface area is 136 Å². The third-order valence-corrected chi connectivity index (χ3v) is 4.94. The number of piperidine rings is 1. The number of para-hydroxylation sites is 1. The summed E-state index contributed by atoms with van der Waals surface area (Å²) in [6.45, 7) is 1.15. The van der Waals surface area contributed by atoms with Crippen molar-refractivity contribution >= 4 is 17.5 Å². The van der Waals surface area contributed by atoms with Crippen LogP contribution in [0.2, 0.25) is 0 Å². The standard InChI is InChI=1S/C18H24N2O3/c21-16-10-4-9-15(16)18(23)20-11-5-6-13(12-20)17(22)19-14-7-2-1-3-8-14/h1-3,7-8,13,15-16,21H,4-6,9-12H2,(H,19,22). The number of aliphatic hydroxyl groups excluding tert-OH is 1. The van der Waals surface area contributed by atoms with E-state index in [1.807, 2.05) is 30.3 Å². The predicted octanol–water partition coefficient (Wildman–Crippen LogP) is 2.02. The number of carbonyl (C=O) groups is 2. The van der Waals surface area contributed by atoms with E-state index in [1.165, 1.54) is 0 Å². The molecule has 3 rings (SSSR count). The number of aliphatic hydroxyl groups is 1. The average Bonchev–Trinajstić information content (AvgIpc) is 3.01. The van der Waals surface area contributed by atoms with Crippen molar-refractivity contribution in [1.29, 1.82) is 0 Å². The van der Waals surface area contributed by atoms with E-state index in [-0.39, 0.29) is 23.7 Å². The van der Waals surface area contributed by atoms with Crippen molar-refractivity contribution < 1.29 is 14.7 Å². The molecule has 0 radical (unpaired) electrons. The SMILES string of the molecule is O=C(Nc1ccccc1)C1CCCN(C(=O)C2CCCC2O)C1. The molecule has 1 aliphatic carbocycles. The van der Waals surface area contributed by atoms with Crippen LogP contribution in [0.3, 0.4) is 0 Å². The number of anilines is 1. The molecule has 3 unspecified atom stereocenters. The number of nitrogens with one attached hydrogen (secondary N) is 1. The highest BCUT2D eigenvalue weighted by Gasteiger charge is 2.37. The van der Waals surface area contributed by atoms with Crippen LogP contribution in [0, 0.1) is 11.8 Å². The summed E-state index contributed by atoms with van der Waals surface area (Å²) in [7, 11) is 0. The van der Waals surface area contributed by atoms with Gasteiger partial charge in [0, 0.05) is 18.8 Å². The van der Waals surface area contributed by atoms with E-state index in [0.29, 0.717) is 19.5 Å². The summed E-state index contributed by atoms with van der Waals surface area (Å²) < 4.78 is 0. The molecular formula is C18H24N2O3. The molecule has 0 spiro atoms. The van der Waals surface area contributed by atoms with E-state index in [1.54, 1.807) is 4.90 Å². The van der Waals surface area contributed by atoms with Crippen LogP contribution in [0.1, 0.15) is 32.1 Å². The molecule has 2 aliphatic rings. The summed E-state index contributed by atoms with van der Waals surface area (Å²) >= 11 is 0. The minimum atomic E-state index is -0.513. The number of hydrogen-bond acceptors (Lipinski definition) is 3. The second-order valence-electron chi connectivity index (χ2n) is 6.58. The fourth-order valence-corrected chi connectivity index (χ4v) is 3.62. The van der Waals surface area contributed by atoms with E-state index < -0.39 is 6.10 Å². The van der Waals surface area contributed by atoms with Crippen LogP contribution in [0.15, 0.2) is 30.3 Å². The molecule has 5 nitrogen and oxygen atoms in total. The Morgan fingerprint density at radius 2 is 1.87 bits per heavy atom. The van der Waals surface area contributed by atoms with Gasteiger partial charge in [0.25, 0.3) is 0 Å². The molecule has 3 atom stereocenters. The minimum Gasteiger partial charge on any atom is -0.392 e. The number of nitrogens with zero attached hydrogens (tertiary/aromatic N) is 1. The first-order valence-corrected chi connectivity index (χ1v) is 8.48. The number of hydrogen-bond donors (Lipinski definition) is 2. The molecule has 1 saturated carbocycles. The molecule has 1 saturated heterocycles. The third-order valence-electron chi connectivity index (χ3n) is 4.94. The van der Waals surface area contributed by atoms with Crippen molar-refractivity contribution in [3.05, 3.63) is 30.3 Å². The maximum atomic E-state index is 12.6. The van der Waals surface area contributed by atoms with E-state index in [0.717, 1.165) is 31.4 Å². The van der Waals surface area contributed by atoms with Crippen LogP contribution in [0.5, 0.6) is 0 Å². The maximum absolute atomic E-state index is 12.6. The van der Waals surface area contributed by atoms with E-state index >= 15 is 0 Å². The fourth-order valence-electron chi connectivity index (χ4n) is 3.62. The first-order valence-electron chi connectivity index (χ1n) is 8.48. The Bertz CT molecular complexity index is 561. The molecule has 1 heterocycles. The lowest BCUT2D eigenvalue weighted by atomic mass is 9.94. The third kappa shape index (κ3) is 3.72. The lowest BCUT2D eigenvalue weighted by molar-refractivity contribution is -0.141. The summed E-state index contributed by atoms with van der Waals surface area (Å²) in [6.07, 6.45) is 3.50. The first kappa shape index (κ1) is 16.0.